The fourth-order valence-corrected chi connectivity index (χ4v) is 4.56. The van der Waals surface area contributed by atoms with Gasteiger partial charge in [0.05, 0.1) is 36.3 Å². The molecule has 0 aliphatic carbocycles. The van der Waals surface area contributed by atoms with Crippen LogP contribution < -0.4 is 14.2 Å². The third kappa shape index (κ3) is 9.05. The summed E-state index contributed by atoms with van der Waals surface area (Å²) in [6.07, 6.45) is 4.06. The minimum absolute atomic E-state index is 0.117. The zero-order chi connectivity index (χ0) is 25.9. The zero-order valence-corrected chi connectivity index (χ0v) is 23.1. The van der Waals surface area contributed by atoms with Crippen molar-refractivity contribution in [3.63, 3.8) is 0 Å². The molecule has 0 spiro atoms. The fraction of sp³-hybridized carbons (Fsp3) is 0.280. The van der Waals surface area contributed by atoms with Gasteiger partial charge >= 0.3 is 5.97 Å². The molecule has 2 aromatic carbocycles. The van der Waals surface area contributed by atoms with E-state index in [1.54, 1.807) is 25.3 Å². The normalized spacial score (nSPS) is 10.6. The van der Waals surface area contributed by atoms with E-state index in [1.807, 2.05) is 24.3 Å². The molecule has 0 radical (unpaired) electrons. The van der Waals surface area contributed by atoms with E-state index >= 15 is 0 Å². The third-order valence-corrected chi connectivity index (χ3v) is 6.46. The first-order valence-electron chi connectivity index (χ1n) is 10.9. The fourth-order valence-electron chi connectivity index (χ4n) is 2.95. The number of thiazole rings is 1. The number of carbonyl (C=O) groups is 1. The van der Waals surface area contributed by atoms with Gasteiger partial charge in [0.25, 0.3) is 0 Å². The lowest BCUT2D eigenvalue weighted by Crippen LogP contribution is -2.06. The summed E-state index contributed by atoms with van der Waals surface area (Å²) in [4.78, 5) is 16.9. The van der Waals surface area contributed by atoms with Gasteiger partial charge in [0, 0.05) is 35.2 Å². The van der Waals surface area contributed by atoms with Crippen LogP contribution in [0.25, 0.3) is 10.6 Å². The van der Waals surface area contributed by atoms with E-state index in [9.17, 15) is 4.79 Å². The van der Waals surface area contributed by atoms with Gasteiger partial charge in [0.1, 0.15) is 27.6 Å². The highest BCUT2D eigenvalue weighted by atomic mass is 35.5. The maximum absolute atomic E-state index is 11.6. The summed E-state index contributed by atoms with van der Waals surface area (Å²) in [5.41, 5.74) is 0.948. The van der Waals surface area contributed by atoms with Gasteiger partial charge in [-0.25, -0.2) is 4.98 Å². The predicted molar refractivity (Wildman–Crippen MR) is 145 cm³/mol. The first kappa shape index (κ1) is 28.4. The van der Waals surface area contributed by atoms with Crippen LogP contribution in [0.1, 0.15) is 18.2 Å². The lowest BCUT2D eigenvalue weighted by Gasteiger charge is -2.12. The van der Waals surface area contributed by atoms with Crippen LogP contribution in [-0.4, -0.2) is 37.4 Å². The standard InChI is InChI=1S/C25H23Cl4NO5S/c1-2-32-23(31)14-19-15-30-25(36-19)16-4-6-17(7-5-16)33-9-3-10-35-24-20(26)12-18(13-21(24)27)34-11-8-22(28)29/h4-8,12-13,15H,2-3,9-11,14H2,1H3. The second-order valence-corrected chi connectivity index (χ2v) is 10.1. The van der Waals surface area contributed by atoms with Crippen LogP contribution >= 0.6 is 57.7 Å². The molecule has 3 rings (SSSR count). The van der Waals surface area contributed by atoms with Crippen LogP contribution in [0.3, 0.4) is 0 Å². The quantitative estimate of drug-likeness (QED) is 0.150. The number of nitrogens with zero attached hydrogens (tertiary/aromatic N) is 1. The Labute approximate surface area is 233 Å². The number of aromatic nitrogens is 1. The Morgan fingerprint density at radius 1 is 1.00 bits per heavy atom. The van der Waals surface area contributed by atoms with Crippen molar-refractivity contribution in [2.75, 3.05) is 26.4 Å². The molecule has 6 nitrogen and oxygen atoms in total. The Balaban J connectivity index is 1.43. The Morgan fingerprint density at radius 2 is 1.69 bits per heavy atom. The monoisotopic (exact) mass is 589 g/mol. The molecule has 1 aromatic heterocycles. The Hall–Kier alpha value is -2.16. The van der Waals surface area contributed by atoms with E-state index in [1.165, 1.54) is 17.4 Å². The molecule has 0 fully saturated rings. The van der Waals surface area contributed by atoms with Gasteiger partial charge in [0.15, 0.2) is 5.75 Å². The van der Waals surface area contributed by atoms with E-state index in [-0.39, 0.29) is 23.5 Å². The molecule has 0 amide bonds. The van der Waals surface area contributed by atoms with Crippen LogP contribution in [0.4, 0.5) is 0 Å². The molecule has 36 heavy (non-hydrogen) atoms. The van der Waals surface area contributed by atoms with Gasteiger partial charge in [-0.15, -0.1) is 11.3 Å². The lowest BCUT2D eigenvalue weighted by atomic mass is 10.2. The van der Waals surface area contributed by atoms with E-state index in [0.717, 1.165) is 21.2 Å². The number of benzene rings is 2. The molecule has 0 aliphatic rings. The number of hydrogen-bond donors (Lipinski definition) is 0. The summed E-state index contributed by atoms with van der Waals surface area (Å²) in [6.45, 7) is 3.15. The highest BCUT2D eigenvalue weighted by molar-refractivity contribution is 7.15. The molecule has 0 aliphatic heterocycles. The number of halogens is 4. The van der Waals surface area contributed by atoms with E-state index in [2.05, 4.69) is 4.98 Å². The molecule has 0 saturated carbocycles. The summed E-state index contributed by atoms with van der Waals surface area (Å²) in [5.74, 6) is 1.33. The van der Waals surface area contributed by atoms with Crippen molar-refractivity contribution in [1.29, 1.82) is 0 Å². The topological polar surface area (TPSA) is 66.9 Å². The van der Waals surface area contributed by atoms with Crippen molar-refractivity contribution >= 4 is 63.7 Å². The van der Waals surface area contributed by atoms with Gasteiger partial charge < -0.3 is 18.9 Å². The van der Waals surface area contributed by atoms with Crippen molar-refractivity contribution in [3.05, 3.63) is 68.1 Å². The highest BCUT2D eigenvalue weighted by Gasteiger charge is 2.12. The first-order chi connectivity index (χ1) is 17.4. The molecular formula is C25H23Cl4NO5S. The SMILES string of the molecule is CCOC(=O)Cc1cnc(-c2ccc(OCCCOc3c(Cl)cc(OCC=C(Cl)Cl)cc3Cl)cc2)s1. The molecular weight excluding hydrogens is 568 g/mol. The summed E-state index contributed by atoms with van der Waals surface area (Å²) >= 11 is 25.1. The third-order valence-electron chi connectivity index (χ3n) is 4.54. The maximum atomic E-state index is 11.6. The van der Waals surface area contributed by atoms with Gasteiger partial charge in [-0.1, -0.05) is 46.4 Å². The minimum atomic E-state index is -0.252. The van der Waals surface area contributed by atoms with Crippen molar-refractivity contribution < 1.29 is 23.7 Å². The summed E-state index contributed by atoms with van der Waals surface area (Å²) in [7, 11) is 0. The van der Waals surface area contributed by atoms with Crippen molar-refractivity contribution in [2.24, 2.45) is 0 Å². The zero-order valence-electron chi connectivity index (χ0n) is 19.3. The second-order valence-electron chi connectivity index (χ2n) is 7.21. The van der Waals surface area contributed by atoms with Crippen molar-refractivity contribution in [2.45, 2.75) is 19.8 Å². The van der Waals surface area contributed by atoms with Crippen molar-refractivity contribution in [1.82, 2.24) is 4.98 Å². The summed E-state index contributed by atoms with van der Waals surface area (Å²) in [5, 5.41) is 1.50. The number of esters is 1. The molecule has 3 aromatic rings. The summed E-state index contributed by atoms with van der Waals surface area (Å²) < 4.78 is 22.1. The average Bonchev–Trinajstić information content (AvgIpc) is 3.29. The number of carbonyl (C=O) groups excluding carboxylic acids is 1. The second kappa shape index (κ2) is 14.5. The molecule has 192 valence electrons. The van der Waals surface area contributed by atoms with Crippen molar-refractivity contribution in [3.8, 4) is 27.8 Å². The Kier molecular flexibility index (Phi) is 11.5. The van der Waals surface area contributed by atoms with Gasteiger partial charge in [-0.3, -0.25) is 4.79 Å². The summed E-state index contributed by atoms with van der Waals surface area (Å²) in [6, 6.07) is 10.8. The van der Waals surface area contributed by atoms with Crippen LogP contribution in [0.2, 0.25) is 10.0 Å². The number of hydrogen-bond acceptors (Lipinski definition) is 7. The Bertz CT molecular complexity index is 1160. The highest BCUT2D eigenvalue weighted by Crippen LogP contribution is 2.37. The van der Waals surface area contributed by atoms with Crippen LogP contribution in [0.5, 0.6) is 17.2 Å². The average molecular weight is 591 g/mol. The molecule has 0 N–H and O–H groups in total. The molecule has 0 atom stereocenters. The van der Waals surface area contributed by atoms with Crippen LogP contribution in [-0.2, 0) is 16.0 Å². The van der Waals surface area contributed by atoms with E-state index in [4.69, 9.17) is 65.4 Å². The Morgan fingerprint density at radius 3 is 2.36 bits per heavy atom. The van der Waals surface area contributed by atoms with Gasteiger partial charge in [0.2, 0.25) is 0 Å². The number of rotatable bonds is 13. The van der Waals surface area contributed by atoms with Crippen LogP contribution in [0.15, 0.2) is 53.2 Å². The minimum Gasteiger partial charge on any atom is -0.493 e. The molecule has 0 unspecified atom stereocenters. The van der Waals surface area contributed by atoms with Crippen LogP contribution in [0, 0.1) is 0 Å². The largest absolute Gasteiger partial charge is 0.493 e. The maximum Gasteiger partial charge on any atom is 0.311 e. The van der Waals surface area contributed by atoms with Gasteiger partial charge in [-0.2, -0.15) is 0 Å². The molecule has 1 heterocycles. The molecule has 11 heteroatoms. The van der Waals surface area contributed by atoms with E-state index < -0.39 is 0 Å². The molecule has 0 saturated heterocycles. The predicted octanol–water partition coefficient (Wildman–Crippen LogP) is 7.77. The first-order valence-corrected chi connectivity index (χ1v) is 13.3. The lowest BCUT2D eigenvalue weighted by molar-refractivity contribution is -0.142. The number of ether oxygens (including phenoxy) is 4. The van der Waals surface area contributed by atoms with Gasteiger partial charge in [-0.05, 0) is 37.3 Å². The molecule has 0 bridgehead atoms. The van der Waals surface area contributed by atoms with E-state index in [0.29, 0.717) is 47.8 Å². The smallest absolute Gasteiger partial charge is 0.311 e.